The number of methoxy groups -OCH3 is 1. The zero-order valence-corrected chi connectivity index (χ0v) is 22.0. The Morgan fingerprint density at radius 1 is 1.20 bits per heavy atom. The largest absolute Gasteiger partial charge is 0.495 e. The standard InChI is InChI=1S/C27H21F2N5O5S/c1-13-30-8-16(9-31-13)34(27(35)36)11-18-12-38-23-21(39-18)4-3-20-24(23)40-26(33-20)19-7-15(25(28)29)5-14-6-17(37-2)10-32-22(14)19/h3-10,18,25H,11-12H2,1-2H3,(H,35,36)/t18-/m1/s1. The molecule has 4 heterocycles. The molecule has 0 saturated heterocycles. The zero-order chi connectivity index (χ0) is 28.0. The monoisotopic (exact) mass is 565 g/mol. The highest BCUT2D eigenvalue weighted by Gasteiger charge is 2.29. The summed E-state index contributed by atoms with van der Waals surface area (Å²) in [6, 6.07) is 7.91. The van der Waals surface area contributed by atoms with Crippen LogP contribution in [0.5, 0.6) is 17.2 Å². The smallest absolute Gasteiger partial charge is 0.412 e. The van der Waals surface area contributed by atoms with Crippen LogP contribution in [0.4, 0.5) is 19.3 Å². The molecule has 0 aliphatic carbocycles. The van der Waals surface area contributed by atoms with Gasteiger partial charge in [-0.05, 0) is 37.3 Å². The summed E-state index contributed by atoms with van der Waals surface area (Å²) in [5.74, 6) is 1.87. The van der Waals surface area contributed by atoms with Crippen LogP contribution < -0.4 is 19.1 Å². The van der Waals surface area contributed by atoms with E-state index in [1.54, 1.807) is 25.1 Å². The molecule has 1 atom stereocenters. The van der Waals surface area contributed by atoms with Crippen LogP contribution >= 0.6 is 11.3 Å². The van der Waals surface area contributed by atoms with Crippen molar-refractivity contribution in [1.29, 1.82) is 0 Å². The van der Waals surface area contributed by atoms with Crippen molar-refractivity contribution in [2.24, 2.45) is 0 Å². The van der Waals surface area contributed by atoms with Gasteiger partial charge in [-0.25, -0.2) is 28.5 Å². The van der Waals surface area contributed by atoms with E-state index >= 15 is 0 Å². The quantitative estimate of drug-likeness (QED) is 0.269. The van der Waals surface area contributed by atoms with Gasteiger partial charge in [-0.3, -0.25) is 9.88 Å². The number of alkyl halides is 2. The lowest BCUT2D eigenvalue weighted by Crippen LogP contribution is -2.43. The molecule has 40 heavy (non-hydrogen) atoms. The third-order valence-electron chi connectivity index (χ3n) is 6.38. The van der Waals surface area contributed by atoms with Crippen LogP contribution in [0.2, 0.25) is 0 Å². The fourth-order valence-corrected chi connectivity index (χ4v) is 5.52. The Bertz CT molecular complexity index is 1750. The minimum Gasteiger partial charge on any atom is -0.495 e. The molecule has 0 spiro atoms. The molecule has 0 radical (unpaired) electrons. The van der Waals surface area contributed by atoms with E-state index in [0.717, 1.165) is 4.90 Å². The molecule has 2 aromatic carbocycles. The van der Waals surface area contributed by atoms with Gasteiger partial charge in [0.25, 0.3) is 6.43 Å². The molecule has 6 rings (SSSR count). The number of carbonyl (C=O) groups is 1. The van der Waals surface area contributed by atoms with Crippen molar-refractivity contribution in [3.8, 4) is 27.8 Å². The molecule has 1 N–H and O–H groups in total. The van der Waals surface area contributed by atoms with Crippen LogP contribution in [0.15, 0.2) is 48.9 Å². The summed E-state index contributed by atoms with van der Waals surface area (Å²) in [5.41, 5.74) is 1.76. The Morgan fingerprint density at radius 3 is 2.73 bits per heavy atom. The van der Waals surface area contributed by atoms with Crippen molar-refractivity contribution in [1.82, 2.24) is 19.9 Å². The first-order valence-corrected chi connectivity index (χ1v) is 12.9. The van der Waals surface area contributed by atoms with Gasteiger partial charge in [-0.1, -0.05) is 0 Å². The molecule has 10 nitrogen and oxygen atoms in total. The lowest BCUT2D eigenvalue weighted by Gasteiger charge is -2.30. The van der Waals surface area contributed by atoms with Gasteiger partial charge in [-0.15, -0.1) is 11.3 Å². The fourth-order valence-electron chi connectivity index (χ4n) is 4.45. The van der Waals surface area contributed by atoms with Gasteiger partial charge in [0.1, 0.15) is 27.9 Å². The number of thiazole rings is 1. The highest BCUT2D eigenvalue weighted by Crippen LogP contribution is 2.45. The SMILES string of the molecule is COc1cnc2c(-c3nc4ccc5c(c4s3)OC[C@@H](CN(C(=O)O)c3cnc(C)nc3)O5)cc(C(F)F)cc2c1. The maximum absolute atomic E-state index is 13.8. The number of ether oxygens (including phenoxy) is 3. The minimum atomic E-state index is -2.68. The predicted octanol–water partition coefficient (Wildman–Crippen LogP) is 5.88. The fraction of sp³-hybridized carbons (Fsp3) is 0.222. The Morgan fingerprint density at radius 2 is 2.00 bits per heavy atom. The first kappa shape index (κ1) is 25.6. The van der Waals surface area contributed by atoms with E-state index in [1.165, 1.54) is 49.2 Å². The second kappa shape index (κ2) is 10.2. The molecule has 0 bridgehead atoms. The van der Waals surface area contributed by atoms with Crippen LogP contribution in [0, 0.1) is 6.92 Å². The molecular weight excluding hydrogens is 544 g/mol. The van der Waals surface area contributed by atoms with E-state index in [-0.39, 0.29) is 18.7 Å². The second-order valence-corrected chi connectivity index (χ2v) is 10.0. The number of fused-ring (bicyclic) bond motifs is 4. The van der Waals surface area contributed by atoms with Crippen LogP contribution in [-0.2, 0) is 0 Å². The van der Waals surface area contributed by atoms with Crippen molar-refractivity contribution in [2.45, 2.75) is 19.5 Å². The number of aryl methyl sites for hydroxylation is 1. The number of hydrogen-bond donors (Lipinski definition) is 1. The van der Waals surface area contributed by atoms with E-state index in [2.05, 4.69) is 19.9 Å². The number of aromatic nitrogens is 4. The number of anilines is 1. The Balaban J connectivity index is 1.33. The number of benzene rings is 2. The van der Waals surface area contributed by atoms with Crippen molar-refractivity contribution in [2.75, 3.05) is 25.2 Å². The van der Waals surface area contributed by atoms with Gasteiger partial charge in [0.05, 0.1) is 49.0 Å². The number of rotatable bonds is 6. The molecule has 1 amide bonds. The normalized spacial score (nSPS) is 14.6. The topological polar surface area (TPSA) is 120 Å². The molecule has 0 saturated carbocycles. The molecule has 0 fully saturated rings. The average Bonchev–Trinajstić information content (AvgIpc) is 3.40. The maximum atomic E-state index is 13.8. The van der Waals surface area contributed by atoms with Crippen molar-refractivity contribution in [3.05, 3.63) is 60.3 Å². The van der Waals surface area contributed by atoms with E-state index in [4.69, 9.17) is 14.2 Å². The molecule has 1 aliphatic heterocycles. The highest BCUT2D eigenvalue weighted by molar-refractivity contribution is 7.22. The molecule has 0 unspecified atom stereocenters. The van der Waals surface area contributed by atoms with Gasteiger partial charge >= 0.3 is 6.09 Å². The van der Waals surface area contributed by atoms with Crippen molar-refractivity contribution >= 4 is 44.2 Å². The third-order valence-corrected chi connectivity index (χ3v) is 7.48. The van der Waals surface area contributed by atoms with Crippen LogP contribution in [-0.4, -0.2) is 57.5 Å². The molecule has 5 aromatic rings. The van der Waals surface area contributed by atoms with E-state index < -0.39 is 18.6 Å². The zero-order valence-electron chi connectivity index (χ0n) is 21.2. The van der Waals surface area contributed by atoms with Crippen LogP contribution in [0.3, 0.4) is 0 Å². The van der Waals surface area contributed by atoms with Gasteiger partial charge in [-0.2, -0.15) is 0 Å². The number of amides is 1. The van der Waals surface area contributed by atoms with Gasteiger partial charge in [0.2, 0.25) is 0 Å². The summed E-state index contributed by atoms with van der Waals surface area (Å²) in [5, 5.41) is 10.7. The number of carboxylic acid groups (broad SMARTS) is 1. The minimum absolute atomic E-state index is 0.00524. The highest BCUT2D eigenvalue weighted by atomic mass is 32.1. The molecule has 3 aromatic heterocycles. The van der Waals surface area contributed by atoms with E-state index in [0.29, 0.717) is 60.5 Å². The van der Waals surface area contributed by atoms with Crippen LogP contribution in [0.25, 0.3) is 31.7 Å². The summed E-state index contributed by atoms with van der Waals surface area (Å²) < 4.78 is 45.6. The summed E-state index contributed by atoms with van der Waals surface area (Å²) in [4.78, 5) is 30.3. The molecule has 13 heteroatoms. The number of hydrogen-bond acceptors (Lipinski definition) is 9. The Labute approximate surface area is 229 Å². The van der Waals surface area contributed by atoms with Gasteiger partial charge < -0.3 is 19.3 Å². The Kier molecular flexibility index (Phi) is 6.50. The number of nitrogens with zero attached hydrogens (tertiary/aromatic N) is 5. The average molecular weight is 566 g/mol. The van der Waals surface area contributed by atoms with Crippen molar-refractivity contribution in [3.63, 3.8) is 0 Å². The summed E-state index contributed by atoms with van der Waals surface area (Å²) >= 11 is 1.28. The van der Waals surface area contributed by atoms with Gasteiger partial charge in [0, 0.05) is 16.5 Å². The number of halogens is 2. The third kappa shape index (κ3) is 4.68. The second-order valence-electron chi connectivity index (χ2n) is 9.01. The first-order valence-electron chi connectivity index (χ1n) is 12.1. The number of pyridine rings is 1. The van der Waals surface area contributed by atoms with E-state index in [1.807, 2.05) is 0 Å². The van der Waals surface area contributed by atoms with Crippen molar-refractivity contribution < 1.29 is 32.9 Å². The maximum Gasteiger partial charge on any atom is 0.412 e. The van der Waals surface area contributed by atoms with Crippen LogP contribution in [0.1, 0.15) is 17.8 Å². The molecular formula is C27H21F2N5O5S. The first-order chi connectivity index (χ1) is 19.3. The van der Waals surface area contributed by atoms with Gasteiger partial charge in [0.15, 0.2) is 17.6 Å². The molecule has 1 aliphatic rings. The summed E-state index contributed by atoms with van der Waals surface area (Å²) in [6.45, 7) is 1.79. The lowest BCUT2D eigenvalue weighted by molar-refractivity contribution is 0.0961. The Hall–Kier alpha value is -4.65. The summed E-state index contributed by atoms with van der Waals surface area (Å²) in [6.07, 6.45) is -0.0394. The lowest BCUT2D eigenvalue weighted by atomic mass is 10.1. The molecule has 204 valence electrons. The summed E-state index contributed by atoms with van der Waals surface area (Å²) in [7, 11) is 1.49. The van der Waals surface area contributed by atoms with E-state index in [9.17, 15) is 18.7 Å². The predicted molar refractivity (Wildman–Crippen MR) is 144 cm³/mol.